The van der Waals surface area contributed by atoms with Gasteiger partial charge in [0, 0.05) is 29.2 Å². The Labute approximate surface area is 245 Å². The van der Waals surface area contributed by atoms with Gasteiger partial charge in [-0.15, -0.1) is 0 Å². The van der Waals surface area contributed by atoms with E-state index in [1.807, 2.05) is 0 Å². The number of nitrogens with zero attached hydrogens (tertiary/aromatic N) is 6. The Kier molecular flexibility index (Phi) is 8.69. The zero-order chi connectivity index (χ0) is 31.0. The van der Waals surface area contributed by atoms with Crippen LogP contribution in [0.4, 0.5) is 22.0 Å². The molecule has 3 heterocycles. The van der Waals surface area contributed by atoms with Crippen molar-refractivity contribution in [3.63, 3.8) is 0 Å². The second-order valence-electron chi connectivity index (χ2n) is 9.55. The molecule has 0 unspecified atom stereocenters. The summed E-state index contributed by atoms with van der Waals surface area (Å²) in [6, 6.07) is 7.19. The van der Waals surface area contributed by atoms with Crippen LogP contribution in [0.25, 0.3) is 5.82 Å². The molecule has 4 aromatic rings. The number of carbonyl (C=O) groups is 2. The van der Waals surface area contributed by atoms with Crippen LogP contribution in [-0.4, -0.2) is 53.7 Å². The van der Waals surface area contributed by atoms with E-state index in [0.29, 0.717) is 27.1 Å². The maximum absolute atomic E-state index is 13.7. The van der Waals surface area contributed by atoms with Gasteiger partial charge in [0.05, 0.1) is 16.9 Å². The van der Waals surface area contributed by atoms with Gasteiger partial charge in [-0.2, -0.15) is 42.0 Å². The van der Waals surface area contributed by atoms with Gasteiger partial charge in [0.25, 0.3) is 5.91 Å². The quantitative estimate of drug-likeness (QED) is 0.187. The minimum absolute atomic E-state index is 0.0307. The van der Waals surface area contributed by atoms with E-state index in [1.165, 1.54) is 24.4 Å². The van der Waals surface area contributed by atoms with Crippen molar-refractivity contribution in [3.05, 3.63) is 86.5 Å². The van der Waals surface area contributed by atoms with Crippen LogP contribution in [0.3, 0.4) is 0 Å². The van der Waals surface area contributed by atoms with Gasteiger partial charge in [-0.3, -0.25) is 9.59 Å². The number of alkyl halides is 5. The predicted octanol–water partition coefficient (Wildman–Crippen LogP) is 5.74. The molecule has 0 saturated heterocycles. The van der Waals surface area contributed by atoms with E-state index in [0.717, 1.165) is 4.68 Å². The van der Waals surface area contributed by atoms with Crippen LogP contribution in [0.1, 0.15) is 57.2 Å². The number of hydrogen-bond acceptors (Lipinski definition) is 6. The molecule has 1 N–H and O–H groups in total. The zero-order valence-corrected chi connectivity index (χ0v) is 23.7. The second kappa shape index (κ2) is 11.8. The van der Waals surface area contributed by atoms with Crippen molar-refractivity contribution in [1.29, 1.82) is 0 Å². The molecule has 9 nitrogen and oxygen atoms in total. The van der Waals surface area contributed by atoms with Crippen LogP contribution < -0.4 is 5.32 Å². The third kappa shape index (κ3) is 6.44. The van der Waals surface area contributed by atoms with Gasteiger partial charge >= 0.3 is 12.1 Å². The Bertz CT molecular complexity index is 1650. The van der Waals surface area contributed by atoms with Gasteiger partial charge in [0.1, 0.15) is 12.2 Å². The lowest BCUT2D eigenvalue weighted by Crippen LogP contribution is -2.34. The van der Waals surface area contributed by atoms with E-state index in [2.05, 4.69) is 25.6 Å². The monoisotopic (exact) mass is 629 g/mol. The summed E-state index contributed by atoms with van der Waals surface area (Å²) >= 11 is 12.5. The highest BCUT2D eigenvalue weighted by Gasteiger charge is 2.60. The van der Waals surface area contributed by atoms with Crippen molar-refractivity contribution in [2.45, 2.75) is 51.9 Å². The lowest BCUT2D eigenvalue weighted by molar-refractivity contribution is -0.291. The lowest BCUT2D eigenvalue weighted by atomic mass is 9.95. The van der Waals surface area contributed by atoms with Crippen LogP contribution in [0.2, 0.25) is 10.0 Å². The SMILES string of the molecule is Cc1cc(Cl)cc(C(=O)NC(C)C)c1CC(=O)c1cc(Cn2ncc(C(F)(F)C(F)(F)F)n2)nn1-c1ncccc1Cl. The lowest BCUT2D eigenvalue weighted by Gasteiger charge is -2.16. The fourth-order valence-electron chi connectivity index (χ4n) is 4.01. The molecule has 1 amide bonds. The second-order valence-corrected chi connectivity index (χ2v) is 10.4. The predicted molar refractivity (Wildman–Crippen MR) is 142 cm³/mol. The summed E-state index contributed by atoms with van der Waals surface area (Å²) in [7, 11) is 0. The number of amides is 1. The van der Waals surface area contributed by atoms with Crippen LogP contribution in [0.15, 0.2) is 42.7 Å². The zero-order valence-electron chi connectivity index (χ0n) is 22.2. The summed E-state index contributed by atoms with van der Waals surface area (Å²) in [5.41, 5.74) is -0.444. The normalized spacial score (nSPS) is 12.2. The van der Waals surface area contributed by atoms with Crippen molar-refractivity contribution < 1.29 is 31.5 Å². The van der Waals surface area contributed by atoms with Crippen molar-refractivity contribution in [2.24, 2.45) is 0 Å². The van der Waals surface area contributed by atoms with E-state index in [-0.39, 0.29) is 40.3 Å². The molecule has 0 aliphatic rings. The number of aryl methyl sites for hydroxylation is 1. The summed E-state index contributed by atoms with van der Waals surface area (Å²) in [5.74, 6) is -6.13. The topological polar surface area (TPSA) is 108 Å². The molecule has 0 saturated carbocycles. The van der Waals surface area contributed by atoms with E-state index in [1.54, 1.807) is 32.9 Å². The minimum atomic E-state index is -5.87. The maximum atomic E-state index is 13.7. The molecule has 0 spiro atoms. The Hall–Kier alpha value is -3.91. The number of Topliss-reactive ketones (excluding diaryl/α,β-unsaturated/α-hetero) is 1. The molecule has 0 radical (unpaired) electrons. The number of halogens is 7. The van der Waals surface area contributed by atoms with Gasteiger partial charge in [-0.1, -0.05) is 23.2 Å². The number of benzene rings is 1. The highest BCUT2D eigenvalue weighted by Crippen LogP contribution is 2.42. The molecular formula is C26H22Cl2F5N7O2. The smallest absolute Gasteiger partial charge is 0.350 e. The number of carbonyl (C=O) groups excluding carboxylic acids is 2. The fourth-order valence-corrected chi connectivity index (χ4v) is 4.48. The third-order valence-corrected chi connectivity index (χ3v) is 6.46. The Morgan fingerprint density at radius 3 is 2.43 bits per heavy atom. The molecule has 0 aliphatic carbocycles. The van der Waals surface area contributed by atoms with Crippen molar-refractivity contribution in [2.75, 3.05) is 0 Å². The summed E-state index contributed by atoms with van der Waals surface area (Å²) in [6.45, 7) is 4.78. The van der Waals surface area contributed by atoms with Crippen LogP contribution in [-0.2, 0) is 18.9 Å². The number of hydrogen-bond donors (Lipinski definition) is 1. The molecule has 16 heteroatoms. The molecule has 0 aliphatic heterocycles. The molecule has 0 bridgehead atoms. The molecule has 42 heavy (non-hydrogen) atoms. The van der Waals surface area contributed by atoms with E-state index in [9.17, 15) is 31.5 Å². The first-order valence-electron chi connectivity index (χ1n) is 12.3. The molecule has 3 aromatic heterocycles. The van der Waals surface area contributed by atoms with Crippen molar-refractivity contribution in [3.8, 4) is 5.82 Å². The first-order valence-corrected chi connectivity index (χ1v) is 13.0. The van der Waals surface area contributed by atoms with Gasteiger partial charge in [0.2, 0.25) is 0 Å². The van der Waals surface area contributed by atoms with Crippen molar-refractivity contribution >= 4 is 34.9 Å². The number of rotatable bonds is 9. The Morgan fingerprint density at radius 1 is 1.07 bits per heavy atom. The Balaban J connectivity index is 1.73. The Morgan fingerprint density at radius 2 is 1.79 bits per heavy atom. The average molecular weight is 630 g/mol. The fraction of sp³-hybridized carbons (Fsp3) is 0.308. The first kappa shape index (κ1) is 31.0. The minimum Gasteiger partial charge on any atom is -0.350 e. The van der Waals surface area contributed by atoms with E-state index >= 15 is 0 Å². The van der Waals surface area contributed by atoms with Crippen LogP contribution >= 0.6 is 23.2 Å². The number of aromatic nitrogens is 6. The maximum Gasteiger partial charge on any atom is 0.459 e. The first-order chi connectivity index (χ1) is 19.6. The summed E-state index contributed by atoms with van der Waals surface area (Å²) < 4.78 is 66.8. The standard InChI is InChI=1S/C26H22Cl2F5N7O2/c1-13(2)36-24(42)18-8-15(27)7-14(3)17(18)10-21(41)20-9-16(37-40(20)23-19(28)5-4-6-34-23)12-39-35-11-22(38-39)25(29,30)26(31,32)33/h4-9,11,13H,10,12H2,1-3H3,(H,36,42). The molecular weight excluding hydrogens is 608 g/mol. The van der Waals surface area contributed by atoms with Crippen LogP contribution in [0, 0.1) is 6.92 Å². The molecule has 1 aromatic carbocycles. The number of nitrogens with one attached hydrogen (secondary N) is 1. The summed E-state index contributed by atoms with van der Waals surface area (Å²) in [5, 5.41) is 14.2. The van der Waals surface area contributed by atoms with Crippen molar-refractivity contribution in [1.82, 2.24) is 35.1 Å². The van der Waals surface area contributed by atoms with E-state index in [4.69, 9.17) is 23.2 Å². The van der Waals surface area contributed by atoms with Crippen LogP contribution in [0.5, 0.6) is 0 Å². The molecule has 0 atom stereocenters. The highest BCUT2D eigenvalue weighted by molar-refractivity contribution is 6.32. The van der Waals surface area contributed by atoms with E-state index < -0.39 is 36.0 Å². The molecule has 4 rings (SSSR count). The number of ketones is 1. The summed E-state index contributed by atoms with van der Waals surface area (Å²) in [6.07, 6.45) is -4.44. The van der Waals surface area contributed by atoms with Gasteiger partial charge in [-0.05, 0) is 62.2 Å². The highest BCUT2D eigenvalue weighted by atomic mass is 35.5. The van der Waals surface area contributed by atoms with Gasteiger partial charge < -0.3 is 5.32 Å². The summed E-state index contributed by atoms with van der Waals surface area (Å²) in [4.78, 5) is 31.4. The largest absolute Gasteiger partial charge is 0.459 e. The third-order valence-electron chi connectivity index (χ3n) is 5.94. The van der Waals surface area contributed by atoms with Gasteiger partial charge in [0.15, 0.2) is 17.3 Å². The molecule has 0 fully saturated rings. The molecule has 222 valence electrons. The average Bonchev–Trinajstić information content (AvgIpc) is 3.52. The van der Waals surface area contributed by atoms with Gasteiger partial charge in [-0.25, -0.2) is 9.67 Å². The number of pyridine rings is 1.